The average molecular weight is 297 g/mol. The van der Waals surface area contributed by atoms with Gasteiger partial charge in [-0.25, -0.2) is 0 Å². The number of hydrogen-bond acceptors (Lipinski definition) is 1. The molecule has 1 saturated carbocycles. The van der Waals surface area contributed by atoms with Crippen molar-refractivity contribution in [2.75, 3.05) is 13.6 Å². The number of nitrogens with zero attached hydrogens (tertiary/aromatic N) is 1. The molecule has 1 heterocycles. The zero-order chi connectivity index (χ0) is 15.2. The van der Waals surface area contributed by atoms with Crippen molar-refractivity contribution in [1.29, 1.82) is 0 Å². The van der Waals surface area contributed by atoms with E-state index in [2.05, 4.69) is 0 Å². The monoisotopic (exact) mass is 297 g/mol. The lowest BCUT2D eigenvalue weighted by Gasteiger charge is -2.32. The molecule has 1 aliphatic carbocycles. The molecule has 0 aromatic heterocycles. The maximum absolute atomic E-state index is 12.9. The van der Waals surface area contributed by atoms with Gasteiger partial charge in [-0.1, -0.05) is 24.6 Å². The minimum atomic E-state index is -4.33. The number of benzene rings is 1. The number of carbonyl (C=O) groups is 1. The first-order valence-corrected chi connectivity index (χ1v) is 7.30. The average Bonchev–Trinajstić information content (AvgIpc) is 2.73. The molecule has 1 aromatic rings. The van der Waals surface area contributed by atoms with Crippen LogP contribution in [-0.2, 0) is 11.0 Å². The van der Waals surface area contributed by atoms with Gasteiger partial charge >= 0.3 is 6.18 Å². The molecule has 3 atom stereocenters. The van der Waals surface area contributed by atoms with E-state index < -0.39 is 11.7 Å². The highest BCUT2D eigenvalue weighted by Crippen LogP contribution is 2.46. The maximum Gasteiger partial charge on any atom is 0.416 e. The van der Waals surface area contributed by atoms with Crippen LogP contribution >= 0.6 is 0 Å². The van der Waals surface area contributed by atoms with Gasteiger partial charge in [0.25, 0.3) is 0 Å². The van der Waals surface area contributed by atoms with Gasteiger partial charge in [-0.05, 0) is 36.3 Å². The fraction of sp³-hybridized carbons (Fsp3) is 0.562. The molecular formula is C16H18F3NO. The molecule has 1 aliphatic heterocycles. The molecule has 5 heteroatoms. The zero-order valence-electron chi connectivity index (χ0n) is 11.9. The number of likely N-dealkylation sites (tertiary alicyclic amines) is 1. The summed E-state index contributed by atoms with van der Waals surface area (Å²) in [6.45, 7) is 0.735. The van der Waals surface area contributed by atoms with Crippen molar-refractivity contribution < 1.29 is 18.0 Å². The molecule has 2 nitrogen and oxygen atoms in total. The lowest BCUT2D eigenvalue weighted by molar-refractivity contribution is -0.137. The third-order valence-electron chi connectivity index (χ3n) is 4.84. The summed E-state index contributed by atoms with van der Waals surface area (Å²) in [6, 6.07) is 5.49. The quantitative estimate of drug-likeness (QED) is 0.774. The summed E-state index contributed by atoms with van der Waals surface area (Å²) in [5.74, 6) is 0.147. The minimum absolute atomic E-state index is 0.0801. The number of hydrogen-bond donors (Lipinski definition) is 0. The topological polar surface area (TPSA) is 20.3 Å². The van der Waals surface area contributed by atoms with Gasteiger partial charge in [-0.15, -0.1) is 0 Å². The first-order valence-electron chi connectivity index (χ1n) is 7.30. The third kappa shape index (κ3) is 2.54. The van der Waals surface area contributed by atoms with E-state index in [-0.39, 0.29) is 23.7 Å². The fourth-order valence-electron chi connectivity index (χ4n) is 3.88. The summed E-state index contributed by atoms with van der Waals surface area (Å²) in [7, 11) is 1.78. The minimum Gasteiger partial charge on any atom is -0.345 e. The smallest absolute Gasteiger partial charge is 0.345 e. The van der Waals surface area contributed by atoms with Gasteiger partial charge in [0, 0.05) is 19.5 Å². The summed E-state index contributed by atoms with van der Waals surface area (Å²) in [4.78, 5) is 14.0. The highest BCUT2D eigenvalue weighted by Gasteiger charge is 2.46. The standard InChI is InChI=1S/C16H18F3NO/c1-20-9-11-5-3-7-13(14(11)15(20)21)10-4-2-6-12(8-10)16(17,18)19/h2,4,6,8,11,13-14H,3,5,7,9H2,1H3/t11-,13+,14-/m1/s1. The molecule has 1 amide bonds. The van der Waals surface area contributed by atoms with Crippen molar-refractivity contribution in [2.45, 2.75) is 31.4 Å². The van der Waals surface area contributed by atoms with Crippen LogP contribution in [0.3, 0.4) is 0 Å². The van der Waals surface area contributed by atoms with E-state index in [0.29, 0.717) is 5.56 Å². The Kier molecular flexibility index (Phi) is 3.46. The predicted octanol–water partition coefficient (Wildman–Crippen LogP) is 3.68. The normalized spacial score (nSPS) is 29.6. The zero-order valence-corrected chi connectivity index (χ0v) is 11.9. The first-order chi connectivity index (χ1) is 9.88. The van der Waals surface area contributed by atoms with Crippen LogP contribution in [0.1, 0.15) is 36.3 Å². The Bertz CT molecular complexity index is 555. The SMILES string of the molecule is CN1C[C@H]2CCC[C@@H](c3cccc(C(F)(F)F)c3)[C@@H]2C1=O. The van der Waals surface area contributed by atoms with Gasteiger partial charge in [-0.3, -0.25) is 4.79 Å². The van der Waals surface area contributed by atoms with Gasteiger partial charge in [0.1, 0.15) is 0 Å². The molecule has 0 N–H and O–H groups in total. The van der Waals surface area contributed by atoms with Crippen LogP contribution in [-0.4, -0.2) is 24.4 Å². The molecular weight excluding hydrogens is 279 g/mol. The van der Waals surface area contributed by atoms with Crippen LogP contribution in [0.4, 0.5) is 13.2 Å². The third-order valence-corrected chi connectivity index (χ3v) is 4.84. The van der Waals surface area contributed by atoms with Crippen molar-refractivity contribution in [3.63, 3.8) is 0 Å². The van der Waals surface area contributed by atoms with E-state index >= 15 is 0 Å². The van der Waals surface area contributed by atoms with E-state index in [1.165, 1.54) is 12.1 Å². The molecule has 3 rings (SSSR count). The Morgan fingerprint density at radius 2 is 2.00 bits per heavy atom. The van der Waals surface area contributed by atoms with E-state index in [1.807, 2.05) is 0 Å². The molecule has 0 unspecified atom stereocenters. The number of amides is 1. The first kappa shape index (κ1) is 14.4. The molecule has 1 aromatic carbocycles. The number of alkyl halides is 3. The molecule has 21 heavy (non-hydrogen) atoms. The van der Waals surface area contributed by atoms with Crippen molar-refractivity contribution in [3.05, 3.63) is 35.4 Å². The lowest BCUT2D eigenvalue weighted by Crippen LogP contribution is -2.30. The second kappa shape index (κ2) is 5.04. The van der Waals surface area contributed by atoms with Gasteiger partial charge in [0.05, 0.1) is 5.56 Å². The van der Waals surface area contributed by atoms with Gasteiger partial charge in [0.2, 0.25) is 5.91 Å². The van der Waals surface area contributed by atoms with E-state index in [9.17, 15) is 18.0 Å². The Hall–Kier alpha value is -1.52. The van der Waals surface area contributed by atoms with Gasteiger partial charge < -0.3 is 4.90 Å². The van der Waals surface area contributed by atoms with Crippen molar-refractivity contribution in [1.82, 2.24) is 4.90 Å². The summed E-state index contributed by atoms with van der Waals surface area (Å²) in [5, 5.41) is 0. The Balaban J connectivity index is 1.94. The van der Waals surface area contributed by atoms with Crippen LogP contribution in [0.5, 0.6) is 0 Å². The Morgan fingerprint density at radius 1 is 1.24 bits per heavy atom. The van der Waals surface area contributed by atoms with Crippen LogP contribution < -0.4 is 0 Å². The number of rotatable bonds is 1. The summed E-state index contributed by atoms with van der Waals surface area (Å²) in [6.07, 6.45) is -1.57. The lowest BCUT2D eigenvalue weighted by atomic mass is 9.70. The summed E-state index contributed by atoms with van der Waals surface area (Å²) in [5.41, 5.74) is 0.0316. The Morgan fingerprint density at radius 3 is 2.71 bits per heavy atom. The number of fused-ring (bicyclic) bond motifs is 1. The predicted molar refractivity (Wildman–Crippen MR) is 72.7 cm³/mol. The highest BCUT2D eigenvalue weighted by molar-refractivity contribution is 5.82. The van der Waals surface area contributed by atoms with E-state index in [1.54, 1.807) is 18.0 Å². The van der Waals surface area contributed by atoms with E-state index in [0.717, 1.165) is 31.9 Å². The number of halogens is 3. The van der Waals surface area contributed by atoms with Crippen LogP contribution in [0.25, 0.3) is 0 Å². The van der Waals surface area contributed by atoms with E-state index in [4.69, 9.17) is 0 Å². The van der Waals surface area contributed by atoms with Gasteiger partial charge in [0.15, 0.2) is 0 Å². The van der Waals surface area contributed by atoms with Crippen molar-refractivity contribution >= 4 is 5.91 Å². The number of carbonyl (C=O) groups excluding carboxylic acids is 1. The van der Waals surface area contributed by atoms with Crippen molar-refractivity contribution in [2.24, 2.45) is 11.8 Å². The van der Waals surface area contributed by atoms with Crippen LogP contribution in [0.15, 0.2) is 24.3 Å². The molecule has 2 fully saturated rings. The fourth-order valence-corrected chi connectivity index (χ4v) is 3.88. The highest BCUT2D eigenvalue weighted by atomic mass is 19.4. The second-order valence-electron chi connectivity index (χ2n) is 6.17. The summed E-state index contributed by atoms with van der Waals surface area (Å²) >= 11 is 0. The molecule has 1 saturated heterocycles. The molecule has 0 bridgehead atoms. The molecule has 0 radical (unpaired) electrons. The van der Waals surface area contributed by atoms with Gasteiger partial charge in [-0.2, -0.15) is 13.2 Å². The van der Waals surface area contributed by atoms with Crippen molar-refractivity contribution in [3.8, 4) is 0 Å². The molecule has 2 aliphatic rings. The molecule has 114 valence electrons. The second-order valence-corrected chi connectivity index (χ2v) is 6.17. The summed E-state index contributed by atoms with van der Waals surface area (Å²) < 4.78 is 38.6. The Labute approximate surface area is 121 Å². The van der Waals surface area contributed by atoms with Crippen LogP contribution in [0, 0.1) is 11.8 Å². The largest absolute Gasteiger partial charge is 0.416 e. The van der Waals surface area contributed by atoms with Crippen LogP contribution in [0.2, 0.25) is 0 Å². The molecule has 0 spiro atoms. The maximum atomic E-state index is 12.9.